The van der Waals surface area contributed by atoms with Gasteiger partial charge in [0.05, 0.1) is 18.0 Å². The Morgan fingerprint density at radius 2 is 1.70 bits per heavy atom. The van der Waals surface area contributed by atoms with Gasteiger partial charge in [-0.2, -0.15) is 0 Å². The van der Waals surface area contributed by atoms with E-state index in [2.05, 4.69) is 4.99 Å². The van der Waals surface area contributed by atoms with E-state index in [1.807, 2.05) is 78.9 Å². The maximum Gasteiger partial charge on any atom is 0.303 e. The van der Waals surface area contributed by atoms with E-state index < -0.39 is 5.97 Å². The third-order valence-corrected chi connectivity index (χ3v) is 5.91. The minimum Gasteiger partial charge on any atom is -0.494 e. The number of ether oxygens (including phenoxy) is 1. The molecule has 0 aromatic heterocycles. The second-order valence-corrected chi connectivity index (χ2v) is 8.66. The summed E-state index contributed by atoms with van der Waals surface area (Å²) in [6.07, 6.45) is 4.49. The molecule has 0 bridgehead atoms. The predicted molar refractivity (Wildman–Crippen MR) is 143 cm³/mol. The van der Waals surface area contributed by atoms with Crippen molar-refractivity contribution < 1.29 is 19.4 Å². The highest BCUT2D eigenvalue weighted by Gasteiger charge is 2.35. The number of aliphatic carboxylic acids is 1. The van der Waals surface area contributed by atoms with E-state index >= 15 is 0 Å². The van der Waals surface area contributed by atoms with Crippen molar-refractivity contribution in [3.63, 3.8) is 0 Å². The van der Waals surface area contributed by atoms with Crippen LogP contribution in [0.3, 0.4) is 0 Å². The number of fused-ring (bicyclic) bond motifs is 1. The quantitative estimate of drug-likeness (QED) is 0.329. The van der Waals surface area contributed by atoms with Crippen LogP contribution in [0.5, 0.6) is 5.75 Å². The lowest BCUT2D eigenvalue weighted by atomic mass is 10.1. The Hall–Kier alpha value is -4.78. The molecule has 0 unspecified atom stereocenters. The molecular formula is C30H25N3O4. The van der Waals surface area contributed by atoms with Gasteiger partial charge in [0.25, 0.3) is 5.91 Å². The van der Waals surface area contributed by atoms with Crippen molar-refractivity contribution in [2.45, 2.75) is 19.3 Å². The number of benzene rings is 3. The topological polar surface area (TPSA) is 91.6 Å². The average Bonchev–Trinajstić information content (AvgIpc) is 3.23. The summed E-state index contributed by atoms with van der Waals surface area (Å²) >= 11 is 0. The predicted octanol–water partition coefficient (Wildman–Crippen LogP) is 5.21. The molecule has 184 valence electrons. The molecule has 0 spiro atoms. The summed E-state index contributed by atoms with van der Waals surface area (Å²) in [6, 6.07) is 27.1. The largest absolute Gasteiger partial charge is 0.494 e. The number of carboxylic acid groups (broad SMARTS) is 1. The molecule has 1 N–H and O–H groups in total. The van der Waals surface area contributed by atoms with Crippen molar-refractivity contribution in [1.82, 2.24) is 4.90 Å². The number of carbonyl (C=O) groups excluding carboxylic acids is 1. The van der Waals surface area contributed by atoms with Crippen molar-refractivity contribution in [2.24, 2.45) is 9.98 Å². The summed E-state index contributed by atoms with van der Waals surface area (Å²) in [4.78, 5) is 35.3. The molecule has 0 saturated heterocycles. The number of amidine groups is 1. The lowest BCUT2D eigenvalue weighted by Gasteiger charge is -2.21. The van der Waals surface area contributed by atoms with Crippen LogP contribution in [0.4, 0.5) is 0 Å². The summed E-state index contributed by atoms with van der Waals surface area (Å²) in [7, 11) is 0. The first-order valence-electron chi connectivity index (χ1n) is 12.0. The highest BCUT2D eigenvalue weighted by atomic mass is 16.5. The van der Waals surface area contributed by atoms with Crippen LogP contribution in [-0.4, -0.2) is 40.0 Å². The Morgan fingerprint density at radius 3 is 2.46 bits per heavy atom. The van der Waals surface area contributed by atoms with Crippen molar-refractivity contribution in [1.29, 1.82) is 0 Å². The lowest BCUT2D eigenvalue weighted by molar-refractivity contribution is -0.137. The molecule has 3 aromatic rings. The second-order valence-electron chi connectivity index (χ2n) is 8.66. The fourth-order valence-corrected chi connectivity index (χ4v) is 4.12. The number of nitrogens with zero attached hydrogens (tertiary/aromatic N) is 3. The highest BCUT2D eigenvalue weighted by molar-refractivity contribution is 6.48. The van der Waals surface area contributed by atoms with Crippen LogP contribution in [0.15, 0.2) is 107 Å². The van der Waals surface area contributed by atoms with Gasteiger partial charge in [0.15, 0.2) is 5.84 Å². The number of carbonyl (C=O) groups is 2. The zero-order valence-electron chi connectivity index (χ0n) is 20.1. The van der Waals surface area contributed by atoms with E-state index in [9.17, 15) is 9.59 Å². The van der Waals surface area contributed by atoms with E-state index in [-0.39, 0.29) is 12.3 Å². The fraction of sp³-hybridized carbons (Fsp3) is 0.133. The van der Waals surface area contributed by atoms with Crippen LogP contribution in [0.2, 0.25) is 0 Å². The van der Waals surface area contributed by atoms with Crippen LogP contribution in [0.1, 0.15) is 29.5 Å². The first kappa shape index (κ1) is 23.9. The molecule has 7 nitrogen and oxygen atoms in total. The molecule has 7 heteroatoms. The van der Waals surface area contributed by atoms with Crippen LogP contribution >= 0.6 is 0 Å². The molecule has 3 aromatic carbocycles. The van der Waals surface area contributed by atoms with E-state index in [1.165, 1.54) is 0 Å². The van der Waals surface area contributed by atoms with E-state index in [1.54, 1.807) is 23.2 Å². The minimum absolute atomic E-state index is 0.0525. The Bertz CT molecular complexity index is 1440. The summed E-state index contributed by atoms with van der Waals surface area (Å²) in [6.45, 7) is 0.299. The summed E-state index contributed by atoms with van der Waals surface area (Å²) in [5.41, 5.74) is 4.50. The number of hydrogen-bond acceptors (Lipinski definition) is 5. The number of rotatable bonds is 9. The molecule has 5 rings (SSSR count). The van der Waals surface area contributed by atoms with Gasteiger partial charge in [-0.15, -0.1) is 0 Å². The highest BCUT2D eigenvalue weighted by Crippen LogP contribution is 2.29. The molecule has 0 aliphatic carbocycles. The number of amides is 1. The van der Waals surface area contributed by atoms with Gasteiger partial charge < -0.3 is 9.84 Å². The second kappa shape index (κ2) is 10.9. The lowest BCUT2D eigenvalue weighted by Crippen LogP contribution is -2.36. The van der Waals surface area contributed by atoms with Crippen molar-refractivity contribution >= 4 is 35.2 Å². The Balaban J connectivity index is 1.43. The SMILES string of the molecule is O=C(O)CCCOc1cccc(/C=C2\N=C3C(Cc4ccccc4)=NC(c4ccccc4)=CN3C2=O)c1. The molecule has 1 amide bonds. The molecule has 0 saturated carbocycles. The molecule has 2 aliphatic heterocycles. The van der Waals surface area contributed by atoms with Gasteiger partial charge in [0.1, 0.15) is 11.4 Å². The molecular weight excluding hydrogens is 466 g/mol. The normalized spacial score (nSPS) is 15.7. The Labute approximate surface area is 214 Å². The van der Waals surface area contributed by atoms with Crippen LogP contribution in [-0.2, 0) is 16.0 Å². The third kappa shape index (κ3) is 5.73. The molecule has 0 atom stereocenters. The zero-order chi connectivity index (χ0) is 25.6. The Kier molecular flexibility index (Phi) is 7.03. The van der Waals surface area contributed by atoms with Crippen LogP contribution in [0, 0.1) is 0 Å². The Morgan fingerprint density at radius 1 is 0.946 bits per heavy atom. The monoisotopic (exact) mass is 491 g/mol. The van der Waals surface area contributed by atoms with Gasteiger partial charge in [-0.05, 0) is 35.8 Å². The standard InChI is InChI=1S/C30H25N3O4/c34-28(35)15-8-16-37-24-14-7-11-22(17-24)19-26-30(36)33-20-27(23-12-5-2-6-13-23)31-25(29(33)32-26)18-21-9-3-1-4-10-21/h1-7,9-14,17,19-20H,8,15-16,18H2,(H,34,35)/b26-19-. The fourth-order valence-electron chi connectivity index (χ4n) is 4.12. The molecule has 0 radical (unpaired) electrons. The first-order chi connectivity index (χ1) is 18.1. The zero-order valence-corrected chi connectivity index (χ0v) is 20.1. The molecule has 2 heterocycles. The summed E-state index contributed by atoms with van der Waals surface area (Å²) < 4.78 is 5.68. The van der Waals surface area contributed by atoms with Crippen molar-refractivity contribution in [3.05, 3.63) is 114 Å². The molecule has 0 fully saturated rings. The van der Waals surface area contributed by atoms with Crippen molar-refractivity contribution in [3.8, 4) is 5.75 Å². The van der Waals surface area contributed by atoms with E-state index in [0.29, 0.717) is 42.4 Å². The summed E-state index contributed by atoms with van der Waals surface area (Å²) in [5, 5.41) is 8.79. The van der Waals surface area contributed by atoms with Crippen LogP contribution < -0.4 is 4.74 Å². The van der Waals surface area contributed by atoms with Gasteiger partial charge in [-0.1, -0.05) is 72.8 Å². The summed E-state index contributed by atoms with van der Waals surface area (Å²) in [5.74, 6) is 0.0581. The van der Waals surface area contributed by atoms with Gasteiger partial charge >= 0.3 is 5.97 Å². The van der Waals surface area contributed by atoms with Gasteiger partial charge in [0.2, 0.25) is 0 Å². The van der Waals surface area contributed by atoms with E-state index in [4.69, 9.17) is 14.8 Å². The first-order valence-corrected chi connectivity index (χ1v) is 12.0. The molecule has 37 heavy (non-hydrogen) atoms. The van der Waals surface area contributed by atoms with Gasteiger partial charge in [-0.25, -0.2) is 9.98 Å². The maximum atomic E-state index is 13.4. The number of aliphatic imine (C=N–C) groups is 2. The third-order valence-electron chi connectivity index (χ3n) is 5.91. The van der Waals surface area contributed by atoms with Crippen LogP contribution in [0.25, 0.3) is 11.8 Å². The maximum absolute atomic E-state index is 13.4. The number of carboxylic acids is 1. The van der Waals surface area contributed by atoms with Gasteiger partial charge in [0, 0.05) is 24.6 Å². The average molecular weight is 492 g/mol. The number of hydrogen-bond donors (Lipinski definition) is 1. The van der Waals surface area contributed by atoms with Gasteiger partial charge in [-0.3, -0.25) is 14.5 Å². The minimum atomic E-state index is -0.850. The van der Waals surface area contributed by atoms with Crippen molar-refractivity contribution in [2.75, 3.05) is 6.61 Å². The smallest absolute Gasteiger partial charge is 0.303 e. The molecule has 2 aliphatic rings. The van der Waals surface area contributed by atoms with E-state index in [0.717, 1.165) is 22.4 Å².